The van der Waals surface area contributed by atoms with Crippen LogP contribution in [0.1, 0.15) is 25.3 Å². The van der Waals surface area contributed by atoms with Gasteiger partial charge in [-0.05, 0) is 25.3 Å². The minimum atomic E-state index is -0.904. The molecule has 3 fully saturated rings. The van der Waals surface area contributed by atoms with Crippen LogP contribution in [0.5, 0.6) is 0 Å². The number of piperidine rings is 1. The Balaban J connectivity index is 1.70. The topological polar surface area (TPSA) is 61.9 Å². The zero-order valence-corrected chi connectivity index (χ0v) is 15.0. The Morgan fingerprint density at radius 1 is 1.16 bits per heavy atom. The van der Waals surface area contributed by atoms with E-state index < -0.39 is 5.41 Å². The lowest BCUT2D eigenvalue weighted by Crippen LogP contribution is -2.51. The molecule has 3 saturated heterocycles. The molecule has 3 aliphatic rings. The predicted molar refractivity (Wildman–Crippen MR) is 95.4 cm³/mol. The molecule has 1 aromatic carbocycles. The van der Waals surface area contributed by atoms with Crippen LogP contribution < -0.4 is 5.32 Å². The van der Waals surface area contributed by atoms with E-state index in [-0.39, 0.29) is 18.5 Å². The first-order chi connectivity index (χ1) is 12.0. The monoisotopic (exact) mass is 345 g/mol. The molecule has 2 amide bonds. The molecule has 0 aliphatic carbocycles. The highest BCUT2D eigenvalue weighted by atomic mass is 16.5. The lowest BCUT2D eigenvalue weighted by molar-refractivity contribution is -0.146. The number of fused-ring (bicyclic) bond motifs is 4. The Hall–Kier alpha value is -2.08. The third-order valence-corrected chi connectivity index (χ3v) is 5.56. The number of carbonyl (C=O) groups excluding carboxylic acids is 2. The number of benzene rings is 1. The van der Waals surface area contributed by atoms with Crippen molar-refractivity contribution >= 4 is 12.0 Å². The van der Waals surface area contributed by atoms with Crippen LogP contribution in [0.15, 0.2) is 30.3 Å². The molecule has 136 valence electrons. The van der Waals surface area contributed by atoms with Gasteiger partial charge in [-0.2, -0.15) is 0 Å². The van der Waals surface area contributed by atoms with Crippen molar-refractivity contribution in [2.24, 2.45) is 0 Å². The van der Waals surface area contributed by atoms with Gasteiger partial charge in [-0.25, -0.2) is 4.79 Å². The summed E-state index contributed by atoms with van der Waals surface area (Å²) in [5, 5.41) is 2.98. The number of hydrogen-bond donors (Lipinski definition) is 1. The van der Waals surface area contributed by atoms with E-state index in [1.807, 2.05) is 42.2 Å². The van der Waals surface area contributed by atoms with Crippen LogP contribution in [0.25, 0.3) is 0 Å². The van der Waals surface area contributed by atoms with Crippen LogP contribution >= 0.6 is 0 Å². The van der Waals surface area contributed by atoms with E-state index >= 15 is 0 Å². The van der Waals surface area contributed by atoms with Crippen molar-refractivity contribution in [3.05, 3.63) is 35.9 Å². The number of rotatable bonds is 4. The van der Waals surface area contributed by atoms with E-state index in [0.717, 1.165) is 44.6 Å². The van der Waals surface area contributed by atoms with Gasteiger partial charge in [0.05, 0.1) is 7.11 Å². The average Bonchev–Trinajstić information content (AvgIpc) is 2.99. The summed E-state index contributed by atoms with van der Waals surface area (Å²) in [4.78, 5) is 29.5. The molecular formula is C19H27N3O3. The van der Waals surface area contributed by atoms with Crippen LogP contribution in [0.4, 0.5) is 4.79 Å². The Kier molecular flexibility index (Phi) is 5.27. The molecule has 3 aliphatic heterocycles. The summed E-state index contributed by atoms with van der Waals surface area (Å²) in [6, 6.07) is 9.69. The first-order valence-corrected chi connectivity index (χ1v) is 8.95. The van der Waals surface area contributed by atoms with Crippen molar-refractivity contribution in [3.8, 4) is 0 Å². The Labute approximate surface area is 149 Å². The fourth-order valence-corrected chi connectivity index (χ4v) is 3.83. The number of nitrogens with one attached hydrogen (secondary N) is 1. The van der Waals surface area contributed by atoms with E-state index in [1.54, 1.807) is 0 Å². The molecule has 6 heteroatoms. The fraction of sp³-hybridized carbons (Fsp3) is 0.579. The Bertz CT molecular complexity index is 614. The van der Waals surface area contributed by atoms with Crippen LogP contribution in [0.2, 0.25) is 0 Å². The normalized spacial score (nSPS) is 25.0. The number of urea groups is 1. The number of methoxy groups -OCH3 is 1. The summed E-state index contributed by atoms with van der Waals surface area (Å²) in [5.41, 5.74) is -0.0655. The minimum Gasteiger partial charge on any atom is -0.468 e. The predicted octanol–water partition coefficient (Wildman–Crippen LogP) is 1.61. The molecule has 3 heterocycles. The average molecular weight is 345 g/mol. The molecule has 4 rings (SSSR count). The molecule has 6 nitrogen and oxygen atoms in total. The molecule has 1 aromatic rings. The number of hydrogen-bond acceptors (Lipinski definition) is 4. The maximum atomic E-state index is 12.8. The summed E-state index contributed by atoms with van der Waals surface area (Å²) < 4.78 is 5.01. The highest BCUT2D eigenvalue weighted by molar-refractivity contribution is 5.84. The largest absolute Gasteiger partial charge is 0.468 e. The van der Waals surface area contributed by atoms with Gasteiger partial charge in [0.1, 0.15) is 5.41 Å². The number of nitrogens with zero attached hydrogens (tertiary/aromatic N) is 2. The van der Waals surface area contributed by atoms with Crippen LogP contribution in [0, 0.1) is 0 Å². The van der Waals surface area contributed by atoms with Gasteiger partial charge >= 0.3 is 12.0 Å². The third-order valence-electron chi connectivity index (χ3n) is 5.56. The molecular weight excluding hydrogens is 318 g/mol. The van der Waals surface area contributed by atoms with Crippen molar-refractivity contribution in [3.63, 3.8) is 0 Å². The van der Waals surface area contributed by atoms with Gasteiger partial charge < -0.3 is 19.9 Å². The van der Waals surface area contributed by atoms with Crippen molar-refractivity contribution in [1.29, 1.82) is 0 Å². The van der Waals surface area contributed by atoms with E-state index in [0.29, 0.717) is 6.04 Å². The van der Waals surface area contributed by atoms with Crippen molar-refractivity contribution in [2.75, 3.05) is 39.8 Å². The molecule has 1 atom stereocenters. The summed E-state index contributed by atoms with van der Waals surface area (Å²) in [6.45, 7) is 5.84. The first-order valence-electron chi connectivity index (χ1n) is 8.95. The number of amides is 2. The maximum absolute atomic E-state index is 12.8. The standard InChI is InChI=1S/C19H27N3O3/c1-19(17(23)25-2,15-6-4-3-5-7-15)14-20-18(24)22-13-12-21-10-8-16(22)9-11-21/h3-7,16H,8-14H2,1-2H3,(H,20,24). The fourth-order valence-electron chi connectivity index (χ4n) is 3.83. The molecule has 0 saturated carbocycles. The van der Waals surface area contributed by atoms with Gasteiger partial charge in [0.2, 0.25) is 0 Å². The van der Waals surface area contributed by atoms with Gasteiger partial charge in [-0.15, -0.1) is 0 Å². The molecule has 1 N–H and O–H groups in total. The van der Waals surface area contributed by atoms with Crippen molar-refractivity contribution < 1.29 is 14.3 Å². The van der Waals surface area contributed by atoms with E-state index in [4.69, 9.17) is 4.74 Å². The summed E-state index contributed by atoms with van der Waals surface area (Å²) in [7, 11) is 1.38. The van der Waals surface area contributed by atoms with Gasteiger partial charge in [0.25, 0.3) is 0 Å². The van der Waals surface area contributed by atoms with Crippen molar-refractivity contribution in [2.45, 2.75) is 31.2 Å². The van der Waals surface area contributed by atoms with E-state index in [2.05, 4.69) is 10.2 Å². The second-order valence-corrected chi connectivity index (χ2v) is 7.11. The van der Waals surface area contributed by atoms with E-state index in [9.17, 15) is 9.59 Å². The Morgan fingerprint density at radius 3 is 2.48 bits per heavy atom. The van der Waals surface area contributed by atoms with Gasteiger partial charge in [0.15, 0.2) is 0 Å². The molecule has 0 spiro atoms. The maximum Gasteiger partial charge on any atom is 0.317 e. The van der Waals surface area contributed by atoms with Crippen molar-refractivity contribution in [1.82, 2.24) is 15.1 Å². The van der Waals surface area contributed by atoms with Crippen LogP contribution in [-0.4, -0.2) is 67.7 Å². The second kappa shape index (κ2) is 7.44. The second-order valence-electron chi connectivity index (χ2n) is 7.11. The van der Waals surface area contributed by atoms with Gasteiger partial charge in [0, 0.05) is 38.8 Å². The summed E-state index contributed by atoms with van der Waals surface area (Å²) in [5.74, 6) is -0.345. The van der Waals surface area contributed by atoms with Gasteiger partial charge in [-0.3, -0.25) is 4.79 Å². The zero-order valence-electron chi connectivity index (χ0n) is 15.0. The number of esters is 1. The smallest absolute Gasteiger partial charge is 0.317 e. The summed E-state index contributed by atoms with van der Waals surface area (Å²) in [6.07, 6.45) is 2.06. The number of carbonyl (C=O) groups is 2. The third kappa shape index (κ3) is 3.63. The lowest BCUT2D eigenvalue weighted by atomic mass is 9.82. The highest BCUT2D eigenvalue weighted by Gasteiger charge is 2.38. The molecule has 1 unspecified atom stereocenters. The summed E-state index contributed by atoms with van der Waals surface area (Å²) >= 11 is 0. The highest BCUT2D eigenvalue weighted by Crippen LogP contribution is 2.25. The van der Waals surface area contributed by atoms with Crippen LogP contribution in [0.3, 0.4) is 0 Å². The molecule has 0 aromatic heterocycles. The van der Waals surface area contributed by atoms with Gasteiger partial charge in [-0.1, -0.05) is 30.3 Å². The quantitative estimate of drug-likeness (QED) is 0.842. The minimum absolute atomic E-state index is 0.0835. The van der Waals surface area contributed by atoms with E-state index in [1.165, 1.54) is 7.11 Å². The lowest BCUT2D eigenvalue weighted by Gasteiger charge is -2.33. The molecule has 2 bridgehead atoms. The molecule has 25 heavy (non-hydrogen) atoms. The molecule has 0 radical (unpaired) electrons. The van der Waals surface area contributed by atoms with Crippen LogP contribution in [-0.2, 0) is 14.9 Å². The zero-order chi connectivity index (χ0) is 17.9. The first kappa shape index (κ1) is 17.7. The Morgan fingerprint density at radius 2 is 1.84 bits per heavy atom. The SMILES string of the molecule is COC(=O)C(C)(CNC(=O)N1CCN2CCC1CC2)c1ccccc1. The number of ether oxygens (including phenoxy) is 1.